The molecule has 0 spiro atoms. The van der Waals surface area contributed by atoms with Crippen molar-refractivity contribution in [2.45, 2.75) is 76.5 Å². The number of nitrogens with two attached hydrogens (primary N) is 1. The molecular weight excluding hydrogens is 550 g/mol. The van der Waals surface area contributed by atoms with Crippen molar-refractivity contribution in [3.8, 4) is 0 Å². The quantitative estimate of drug-likeness (QED) is 0.416. The van der Waals surface area contributed by atoms with Crippen molar-refractivity contribution in [3.05, 3.63) is 75.5 Å². The number of thiophene rings is 1. The van der Waals surface area contributed by atoms with E-state index in [1.807, 2.05) is 30.3 Å². The lowest BCUT2D eigenvalue weighted by atomic mass is 9.46. The number of hydrogen-bond donors (Lipinski definition) is 3. The first-order valence-corrected chi connectivity index (χ1v) is 15.9. The summed E-state index contributed by atoms with van der Waals surface area (Å²) in [6.07, 6.45) is 6.03. The highest BCUT2D eigenvalue weighted by atomic mass is 32.1. The van der Waals surface area contributed by atoms with Crippen LogP contribution in [0.1, 0.15) is 74.0 Å². The van der Waals surface area contributed by atoms with E-state index in [4.69, 9.17) is 15.2 Å². The molecular formula is C34H39NO6S. The number of ketones is 2. The summed E-state index contributed by atoms with van der Waals surface area (Å²) in [6, 6.07) is 12.0. The number of hydrogen-bond acceptors (Lipinski definition) is 8. The maximum absolute atomic E-state index is 13.8. The molecule has 7 nitrogen and oxygen atoms in total. The van der Waals surface area contributed by atoms with Gasteiger partial charge in [-0.2, -0.15) is 0 Å². The van der Waals surface area contributed by atoms with Crippen LogP contribution in [0.4, 0.5) is 5.69 Å². The van der Waals surface area contributed by atoms with Gasteiger partial charge in [0.1, 0.15) is 6.61 Å². The lowest BCUT2D eigenvalue weighted by Gasteiger charge is -2.59. The summed E-state index contributed by atoms with van der Waals surface area (Å²) in [5, 5.41) is 22.1. The Bertz CT molecular complexity index is 1510. The van der Waals surface area contributed by atoms with E-state index in [1.54, 1.807) is 23.5 Å². The van der Waals surface area contributed by atoms with E-state index in [-0.39, 0.29) is 35.2 Å². The Balaban J connectivity index is 1.20. The molecule has 5 aliphatic rings. The first kappa shape index (κ1) is 28.2. The molecule has 8 heteroatoms. The number of ether oxygens (including phenoxy) is 2. The number of fused-ring (bicyclic) bond motifs is 7. The number of anilines is 1. The molecule has 4 fully saturated rings. The topological polar surface area (TPSA) is 119 Å². The van der Waals surface area contributed by atoms with Gasteiger partial charge in [-0.3, -0.25) is 9.59 Å². The lowest BCUT2D eigenvalue weighted by molar-refractivity contribution is -0.200. The average Bonchev–Trinajstić information content (AvgIpc) is 3.65. The third-order valence-electron chi connectivity index (χ3n) is 11.5. The van der Waals surface area contributed by atoms with Crippen LogP contribution in [0.3, 0.4) is 0 Å². The molecule has 2 aromatic rings. The Kier molecular flexibility index (Phi) is 6.50. The molecule has 0 radical (unpaired) electrons. The zero-order valence-electron chi connectivity index (χ0n) is 24.3. The maximum Gasteiger partial charge on any atom is 0.194 e. The van der Waals surface area contributed by atoms with Gasteiger partial charge in [0.05, 0.1) is 17.1 Å². The van der Waals surface area contributed by atoms with Gasteiger partial charge in [0.15, 0.2) is 23.5 Å². The van der Waals surface area contributed by atoms with Crippen LogP contribution in [0, 0.1) is 28.6 Å². The maximum atomic E-state index is 13.8. The molecule has 1 saturated heterocycles. The van der Waals surface area contributed by atoms with Crippen molar-refractivity contribution in [2.24, 2.45) is 28.6 Å². The summed E-state index contributed by atoms with van der Waals surface area (Å²) in [6.45, 7) is 5.69. The zero-order chi connectivity index (χ0) is 29.6. The van der Waals surface area contributed by atoms with E-state index in [9.17, 15) is 19.8 Å². The third-order valence-corrected chi connectivity index (χ3v) is 12.8. The van der Waals surface area contributed by atoms with E-state index >= 15 is 0 Å². The van der Waals surface area contributed by atoms with Crippen molar-refractivity contribution in [2.75, 3.05) is 12.3 Å². The minimum atomic E-state index is -1.35. The normalized spacial score (nSPS) is 41.0. The second kappa shape index (κ2) is 9.69. The summed E-state index contributed by atoms with van der Waals surface area (Å²) in [4.78, 5) is 28.0. The molecule has 42 heavy (non-hydrogen) atoms. The van der Waals surface area contributed by atoms with Crippen LogP contribution in [0.2, 0.25) is 0 Å². The lowest BCUT2D eigenvalue weighted by Crippen LogP contribution is -2.63. The predicted molar refractivity (Wildman–Crippen MR) is 160 cm³/mol. The molecule has 10 atom stereocenters. The minimum absolute atomic E-state index is 0.00539. The number of carbonyl (C=O) groups is 2. The summed E-state index contributed by atoms with van der Waals surface area (Å²) < 4.78 is 13.4. The van der Waals surface area contributed by atoms with Gasteiger partial charge in [0, 0.05) is 33.2 Å². The molecule has 0 bridgehead atoms. The zero-order valence-corrected chi connectivity index (χ0v) is 25.1. The van der Waals surface area contributed by atoms with Crippen LogP contribution in [0.15, 0.2) is 60.2 Å². The molecule has 0 amide bonds. The average molecular weight is 590 g/mol. The molecule has 1 aliphatic heterocycles. The standard InChI is InChI=1S/C34H39NO6S/c1-18(19-5-4-6-21(35)13-19)26-9-10-27(42-26)31-40-29-15-24-23-8-7-20-14-22(37)11-12-32(20,2)30(23)25(38)16-33(24,3)34(29,41-31)28(39)17-36/h4-6,9-14,18,23-25,29-31,36,38H,7-8,15-17,35H2,1-3H3/t18-,23-,24-,25-,29+,30+,31+,32-,33-,34+/m0/s1. The van der Waals surface area contributed by atoms with Gasteiger partial charge in [0.25, 0.3) is 0 Å². The Morgan fingerprint density at radius 2 is 2.05 bits per heavy atom. The number of rotatable bonds is 5. The first-order valence-electron chi connectivity index (χ1n) is 15.1. The Hall–Kier alpha value is -2.62. The monoisotopic (exact) mass is 589 g/mol. The highest BCUT2D eigenvalue weighted by molar-refractivity contribution is 7.12. The molecule has 0 unspecified atom stereocenters. The van der Waals surface area contributed by atoms with Gasteiger partial charge < -0.3 is 25.4 Å². The van der Waals surface area contributed by atoms with E-state index in [1.165, 1.54) is 0 Å². The van der Waals surface area contributed by atoms with Crippen LogP contribution >= 0.6 is 11.3 Å². The number of aliphatic hydroxyl groups is 2. The molecule has 1 aromatic heterocycles. The second-order valence-electron chi connectivity index (χ2n) is 13.5. The Morgan fingerprint density at radius 1 is 1.24 bits per heavy atom. The van der Waals surface area contributed by atoms with E-state index in [0.29, 0.717) is 12.8 Å². The molecule has 2 heterocycles. The van der Waals surface area contributed by atoms with Gasteiger partial charge in [-0.05, 0) is 79.5 Å². The smallest absolute Gasteiger partial charge is 0.194 e. The molecule has 222 valence electrons. The molecule has 3 saturated carbocycles. The van der Waals surface area contributed by atoms with Crippen molar-refractivity contribution >= 4 is 28.6 Å². The third kappa shape index (κ3) is 3.78. The van der Waals surface area contributed by atoms with Crippen molar-refractivity contribution in [1.29, 1.82) is 0 Å². The van der Waals surface area contributed by atoms with Crippen molar-refractivity contribution in [1.82, 2.24) is 0 Å². The molecule has 7 rings (SSSR count). The van der Waals surface area contributed by atoms with Crippen LogP contribution in [0.5, 0.6) is 0 Å². The fourth-order valence-corrected chi connectivity index (χ4v) is 10.6. The second-order valence-corrected chi connectivity index (χ2v) is 14.6. The first-order chi connectivity index (χ1) is 20.0. The number of benzene rings is 1. The van der Waals surface area contributed by atoms with Crippen LogP contribution in [-0.4, -0.2) is 46.2 Å². The fraction of sp³-hybridized carbons (Fsp3) is 0.529. The highest BCUT2D eigenvalue weighted by Crippen LogP contribution is 2.70. The van der Waals surface area contributed by atoms with E-state index < -0.39 is 41.5 Å². The number of Topliss-reactive ketones (excluding diaryl/α,β-unsaturated/α-hetero) is 1. The molecule has 4 N–H and O–H groups in total. The predicted octanol–water partition coefficient (Wildman–Crippen LogP) is 5.08. The number of aliphatic hydroxyl groups excluding tert-OH is 2. The van der Waals surface area contributed by atoms with Gasteiger partial charge in [-0.25, -0.2) is 0 Å². The van der Waals surface area contributed by atoms with Crippen LogP contribution in [-0.2, 0) is 19.1 Å². The molecule has 1 aromatic carbocycles. The molecule has 4 aliphatic carbocycles. The largest absolute Gasteiger partial charge is 0.399 e. The summed E-state index contributed by atoms with van der Waals surface area (Å²) in [7, 11) is 0. The Morgan fingerprint density at radius 3 is 2.81 bits per heavy atom. The van der Waals surface area contributed by atoms with Crippen LogP contribution in [0.25, 0.3) is 0 Å². The van der Waals surface area contributed by atoms with Gasteiger partial charge >= 0.3 is 0 Å². The van der Waals surface area contributed by atoms with Gasteiger partial charge in [0.2, 0.25) is 0 Å². The fourth-order valence-electron chi connectivity index (χ4n) is 9.53. The summed E-state index contributed by atoms with van der Waals surface area (Å²) in [5.41, 5.74) is 6.50. The van der Waals surface area contributed by atoms with Crippen LogP contribution < -0.4 is 5.73 Å². The Labute approximate surface area is 250 Å². The number of allylic oxidation sites excluding steroid dienone is 4. The summed E-state index contributed by atoms with van der Waals surface area (Å²) in [5.74, 6) is -0.106. The van der Waals surface area contributed by atoms with Crippen molar-refractivity contribution in [3.63, 3.8) is 0 Å². The highest BCUT2D eigenvalue weighted by Gasteiger charge is 2.76. The number of carbonyl (C=O) groups excluding carboxylic acids is 2. The van der Waals surface area contributed by atoms with Gasteiger partial charge in [-0.1, -0.05) is 44.6 Å². The van der Waals surface area contributed by atoms with Gasteiger partial charge in [-0.15, -0.1) is 11.3 Å². The SMILES string of the molecule is C[C@@H](c1cccc(N)c1)c1ccc([C@@H]2O[C@@H]3C[C@H]4[C@@H]5CCC6=CC(=O)C=C[C@]6(C)[C@H]5[C@@H](O)C[C@]4(C)[C@]3(C(=O)CO)O2)s1. The summed E-state index contributed by atoms with van der Waals surface area (Å²) >= 11 is 1.60. The van der Waals surface area contributed by atoms with E-state index in [2.05, 4.69) is 32.9 Å². The number of nitrogen functional groups attached to an aromatic ring is 1. The minimum Gasteiger partial charge on any atom is -0.399 e. The van der Waals surface area contributed by atoms with E-state index in [0.717, 1.165) is 39.4 Å². The van der Waals surface area contributed by atoms with Crippen molar-refractivity contribution < 1.29 is 29.3 Å².